The Morgan fingerprint density at radius 2 is 1.46 bits per heavy atom. The van der Waals surface area contributed by atoms with Gasteiger partial charge < -0.3 is 0 Å². The first-order valence-corrected chi connectivity index (χ1v) is 10.2. The first-order chi connectivity index (χ1) is 13.6. The van der Waals surface area contributed by atoms with Crippen molar-refractivity contribution in [2.75, 3.05) is 7.05 Å². The van der Waals surface area contributed by atoms with Crippen molar-refractivity contribution in [3.8, 4) is 0 Å². The molecule has 0 aliphatic rings. The summed E-state index contributed by atoms with van der Waals surface area (Å²) in [6, 6.07) is 26.8. The second-order valence-corrected chi connectivity index (χ2v) is 8.26. The minimum Gasteiger partial charge on any atom is -0.297 e. The fourth-order valence-electron chi connectivity index (χ4n) is 2.80. The van der Waals surface area contributed by atoms with Gasteiger partial charge in [0.15, 0.2) is 0 Å². The monoisotopic (exact) mass is 409 g/mol. The van der Waals surface area contributed by atoms with Gasteiger partial charge in [-0.25, -0.2) is 9.30 Å². The van der Waals surface area contributed by atoms with E-state index in [1.54, 1.807) is 12.1 Å². The van der Waals surface area contributed by atoms with Crippen LogP contribution in [0.15, 0.2) is 83.9 Å². The molecule has 3 rings (SSSR count). The molecule has 0 aromatic heterocycles. The van der Waals surface area contributed by atoms with Crippen LogP contribution in [0.1, 0.15) is 16.7 Å². The molecule has 28 heavy (non-hydrogen) atoms. The number of halogens is 1. The van der Waals surface area contributed by atoms with Gasteiger partial charge in [-0.3, -0.25) is 4.31 Å². The highest BCUT2D eigenvalue weighted by molar-refractivity contribution is 7.95. The van der Waals surface area contributed by atoms with Crippen molar-refractivity contribution in [3.63, 3.8) is 0 Å². The summed E-state index contributed by atoms with van der Waals surface area (Å²) < 4.78 is 4.35. The van der Waals surface area contributed by atoms with Crippen LogP contribution >= 0.6 is 23.7 Å². The van der Waals surface area contributed by atoms with Gasteiger partial charge in [-0.2, -0.15) is 0 Å². The molecule has 0 bridgehead atoms. The highest BCUT2D eigenvalue weighted by atomic mass is 35.5. The van der Waals surface area contributed by atoms with E-state index in [9.17, 15) is 0 Å². The minimum atomic E-state index is 0.732. The third-order valence-corrected chi connectivity index (χ3v) is 5.24. The van der Waals surface area contributed by atoms with Crippen LogP contribution in [-0.2, 0) is 13.1 Å². The van der Waals surface area contributed by atoms with Crippen molar-refractivity contribution in [2.45, 2.75) is 20.0 Å². The topological polar surface area (TPSA) is 18.8 Å². The van der Waals surface area contributed by atoms with Crippen LogP contribution in [0.25, 0.3) is 0 Å². The van der Waals surface area contributed by atoms with E-state index in [1.807, 2.05) is 54.9 Å². The number of nitrogens with zero attached hydrogens (tertiary/aromatic N) is 3. The fourth-order valence-corrected chi connectivity index (χ4v) is 3.89. The predicted octanol–water partition coefficient (Wildman–Crippen LogP) is 6.51. The van der Waals surface area contributed by atoms with Crippen molar-refractivity contribution in [1.29, 1.82) is 0 Å². The Kier molecular flexibility index (Phi) is 7.54. The summed E-state index contributed by atoms with van der Waals surface area (Å²) >= 11 is 7.68. The van der Waals surface area contributed by atoms with Crippen molar-refractivity contribution in [2.24, 2.45) is 4.99 Å². The van der Waals surface area contributed by atoms with E-state index >= 15 is 0 Å². The Morgan fingerprint density at radius 3 is 2.00 bits per heavy atom. The zero-order chi connectivity index (χ0) is 19.8. The van der Waals surface area contributed by atoms with Crippen molar-refractivity contribution >= 4 is 35.8 Å². The van der Waals surface area contributed by atoms with Gasteiger partial charge in [-0.05, 0) is 41.8 Å². The molecule has 5 heteroatoms. The molecular formula is C23H24ClN3S. The largest absolute Gasteiger partial charge is 0.297 e. The Balaban J connectivity index is 1.69. The summed E-state index contributed by atoms with van der Waals surface area (Å²) in [6.45, 7) is 3.71. The molecule has 0 aliphatic carbocycles. The number of hydrogen-bond donors (Lipinski definition) is 0. The number of hydrogen-bond acceptors (Lipinski definition) is 3. The van der Waals surface area contributed by atoms with Gasteiger partial charge in [0, 0.05) is 37.3 Å². The van der Waals surface area contributed by atoms with Gasteiger partial charge in [0.2, 0.25) is 0 Å². The van der Waals surface area contributed by atoms with Gasteiger partial charge in [0.05, 0.1) is 5.69 Å². The molecule has 0 N–H and O–H groups in total. The third kappa shape index (κ3) is 6.41. The normalized spacial score (nSPS) is 11.3. The quantitative estimate of drug-likeness (QED) is 0.240. The average molecular weight is 410 g/mol. The van der Waals surface area contributed by atoms with E-state index in [-0.39, 0.29) is 0 Å². The zero-order valence-electron chi connectivity index (χ0n) is 16.1. The second kappa shape index (κ2) is 10.3. The highest BCUT2D eigenvalue weighted by Crippen LogP contribution is 2.24. The molecule has 0 saturated carbocycles. The molecule has 0 amide bonds. The number of aryl methyl sites for hydroxylation is 1. The van der Waals surface area contributed by atoms with Crippen molar-refractivity contribution < 1.29 is 0 Å². The lowest BCUT2D eigenvalue weighted by Crippen LogP contribution is -2.21. The standard InChI is InChI=1S/C23H24ClN3S/c1-19-15-22(24)13-14-23(19)25-18-26(2)28-27(16-20-9-5-3-6-10-20)17-21-11-7-4-8-12-21/h3-15,18H,16-17H2,1-2H3/b25-18+. The predicted molar refractivity (Wildman–Crippen MR) is 122 cm³/mol. The van der Waals surface area contributed by atoms with Crippen LogP contribution in [-0.4, -0.2) is 22.0 Å². The summed E-state index contributed by atoms with van der Waals surface area (Å²) in [4.78, 5) is 4.61. The van der Waals surface area contributed by atoms with Gasteiger partial charge in [-0.15, -0.1) is 0 Å². The number of benzene rings is 3. The van der Waals surface area contributed by atoms with Crippen molar-refractivity contribution in [3.05, 3.63) is 101 Å². The molecule has 0 radical (unpaired) electrons. The molecule has 0 spiro atoms. The molecule has 0 aliphatic heterocycles. The van der Waals surface area contributed by atoms with Gasteiger partial charge in [-0.1, -0.05) is 72.3 Å². The molecule has 0 fully saturated rings. The van der Waals surface area contributed by atoms with Crippen LogP contribution in [0.2, 0.25) is 5.02 Å². The summed E-state index contributed by atoms with van der Waals surface area (Å²) in [7, 11) is 2.02. The van der Waals surface area contributed by atoms with E-state index < -0.39 is 0 Å². The second-order valence-electron chi connectivity index (χ2n) is 6.57. The maximum atomic E-state index is 6.03. The molecule has 0 unspecified atom stereocenters. The van der Waals surface area contributed by atoms with Gasteiger partial charge in [0.25, 0.3) is 0 Å². The first kappa shape index (κ1) is 20.5. The van der Waals surface area contributed by atoms with E-state index in [0.29, 0.717) is 0 Å². The lowest BCUT2D eigenvalue weighted by Gasteiger charge is -2.25. The molecule has 144 valence electrons. The number of rotatable bonds is 8. The summed E-state index contributed by atoms with van der Waals surface area (Å²) in [6.07, 6.45) is 1.85. The maximum Gasteiger partial charge on any atom is 0.102 e. The summed E-state index contributed by atoms with van der Waals surface area (Å²) in [5.74, 6) is 0. The molecule has 3 aromatic carbocycles. The summed E-state index contributed by atoms with van der Waals surface area (Å²) in [5, 5.41) is 0.732. The zero-order valence-corrected chi connectivity index (χ0v) is 17.7. The molecule has 3 nitrogen and oxygen atoms in total. The third-order valence-electron chi connectivity index (χ3n) is 4.17. The van der Waals surface area contributed by atoms with E-state index in [4.69, 9.17) is 11.6 Å². The Morgan fingerprint density at radius 1 is 0.893 bits per heavy atom. The van der Waals surface area contributed by atoms with Gasteiger partial charge in [0.1, 0.15) is 6.34 Å². The molecule has 0 saturated heterocycles. The van der Waals surface area contributed by atoms with Crippen molar-refractivity contribution in [1.82, 2.24) is 8.61 Å². The molecular weight excluding hydrogens is 386 g/mol. The number of aliphatic imine (C=N–C) groups is 1. The van der Waals surface area contributed by atoms with Crippen LogP contribution in [0.5, 0.6) is 0 Å². The van der Waals surface area contributed by atoms with Crippen LogP contribution in [0.3, 0.4) is 0 Å². The first-order valence-electron chi connectivity index (χ1n) is 9.14. The molecule has 0 atom stereocenters. The maximum absolute atomic E-state index is 6.03. The molecule has 0 heterocycles. The van der Waals surface area contributed by atoms with E-state index in [1.165, 1.54) is 11.1 Å². The molecule has 3 aromatic rings. The summed E-state index contributed by atoms with van der Waals surface area (Å²) in [5.41, 5.74) is 4.55. The van der Waals surface area contributed by atoms with E-state index in [0.717, 1.165) is 29.4 Å². The van der Waals surface area contributed by atoms with Crippen LogP contribution in [0, 0.1) is 6.92 Å². The van der Waals surface area contributed by atoms with Crippen LogP contribution < -0.4 is 0 Å². The van der Waals surface area contributed by atoms with E-state index in [2.05, 4.69) is 57.8 Å². The van der Waals surface area contributed by atoms with Gasteiger partial charge >= 0.3 is 0 Å². The Bertz CT molecular complexity index is 859. The SMILES string of the molecule is Cc1cc(Cl)ccc1/N=C/N(C)SN(Cc1ccccc1)Cc1ccccc1. The Labute approximate surface area is 176 Å². The minimum absolute atomic E-state index is 0.732. The lowest BCUT2D eigenvalue weighted by molar-refractivity contribution is 0.451. The average Bonchev–Trinajstić information content (AvgIpc) is 2.69. The Hall–Kier alpha value is -2.27. The fraction of sp³-hybridized carbons (Fsp3) is 0.174. The highest BCUT2D eigenvalue weighted by Gasteiger charge is 2.10. The lowest BCUT2D eigenvalue weighted by atomic mass is 10.2. The van der Waals surface area contributed by atoms with Crippen LogP contribution in [0.4, 0.5) is 5.69 Å². The smallest absolute Gasteiger partial charge is 0.102 e.